The highest BCUT2D eigenvalue weighted by atomic mass is 31.2. The van der Waals surface area contributed by atoms with E-state index >= 15 is 0 Å². The number of nitrogens with zero attached hydrogens (tertiary/aromatic N) is 5. The van der Waals surface area contributed by atoms with E-state index in [0.29, 0.717) is 31.5 Å². The lowest BCUT2D eigenvalue weighted by atomic mass is 9.90. The van der Waals surface area contributed by atoms with Crippen molar-refractivity contribution in [2.75, 3.05) is 75.2 Å². The van der Waals surface area contributed by atoms with Crippen LogP contribution in [-0.2, 0) is 60.7 Å². The van der Waals surface area contributed by atoms with E-state index in [1.807, 2.05) is 32.0 Å². The largest absolute Gasteiger partial charge is 0.480 e. The van der Waals surface area contributed by atoms with Gasteiger partial charge in [0.05, 0.1) is 43.2 Å². The third-order valence-electron chi connectivity index (χ3n) is 15.4. The van der Waals surface area contributed by atoms with E-state index < -0.39 is 87.1 Å². The quantitative estimate of drug-likeness (QED) is 0.0332. The van der Waals surface area contributed by atoms with Gasteiger partial charge < -0.3 is 75.4 Å². The van der Waals surface area contributed by atoms with Crippen molar-refractivity contribution in [1.29, 1.82) is 0 Å². The molecular formula is C64H100N9O17P. The maximum atomic E-state index is 13.5. The molecule has 0 aromatic heterocycles. The summed E-state index contributed by atoms with van der Waals surface area (Å²) in [6.07, 6.45) is 0.322. The maximum Gasteiger partial charge on any atom is 0.415 e. The van der Waals surface area contributed by atoms with Gasteiger partial charge in [0.1, 0.15) is 31.0 Å². The Bertz CT molecular complexity index is 2750. The van der Waals surface area contributed by atoms with Gasteiger partial charge in [-0.1, -0.05) is 115 Å². The van der Waals surface area contributed by atoms with Crippen molar-refractivity contribution < 1.29 is 81.7 Å². The smallest absolute Gasteiger partial charge is 0.415 e. The lowest BCUT2D eigenvalue weighted by molar-refractivity contribution is -0.146. The van der Waals surface area contributed by atoms with Crippen LogP contribution in [0.4, 0.5) is 9.59 Å². The molecule has 0 bridgehead atoms. The summed E-state index contributed by atoms with van der Waals surface area (Å²) in [6, 6.07) is 20.4. The standard InChI is InChI=1S/C31H45N6O10P.C26H47N3O7.C7H8/c1-20(2)26(27(33)38)37(5)31(43)45-19-22-8-12-24(13-9-22)47-30(42)35(3)15-16-36(4)48(44)46-17-14-25(29(40)41)34-28(39)23-10-6-21(18-32)7-11-23;1-9-17(4)24(28(6)21(30)13-16(2)3)20(35-7)14-22(31)29-12-10-11-19(29)25(36-8)18(5)26(34)27-15-23(32)33;1-7-5-3-2-4-6-7/h6-13,20,25-26,44H,14-19,32H2,1-5H3,(H2,33,38)(H,34,39)(H,40,41);16-20,24-25H,9-15H2,1-8H3,(H,27,34)(H,32,33);2-6H,1H3. The van der Waals surface area contributed by atoms with Crippen LogP contribution >= 0.6 is 8.53 Å². The van der Waals surface area contributed by atoms with Crippen LogP contribution in [0.5, 0.6) is 5.75 Å². The predicted octanol–water partition coefficient (Wildman–Crippen LogP) is 6.24. The molecule has 91 heavy (non-hydrogen) atoms. The first kappa shape index (κ1) is 79.8. The number of likely N-dealkylation sites (tertiary alicyclic amines) is 1. The topological polar surface area (TPSA) is 353 Å². The summed E-state index contributed by atoms with van der Waals surface area (Å²) in [6.45, 7) is 16.0. The molecule has 26 nitrogen and oxygen atoms in total. The van der Waals surface area contributed by atoms with Crippen LogP contribution in [0.2, 0.25) is 0 Å². The average Bonchev–Trinajstić information content (AvgIpc) is 1.94. The Morgan fingerprint density at radius 3 is 1.91 bits per heavy atom. The molecule has 1 fully saturated rings. The second kappa shape index (κ2) is 41.2. The Morgan fingerprint density at radius 2 is 1.41 bits per heavy atom. The van der Waals surface area contributed by atoms with Gasteiger partial charge >= 0.3 is 24.1 Å². The lowest BCUT2D eigenvalue weighted by Crippen LogP contribution is -2.53. The molecule has 9 N–H and O–H groups in total. The second-order valence-corrected chi connectivity index (χ2v) is 24.7. The molecule has 0 radical (unpaired) electrons. The number of carbonyl (C=O) groups excluding carboxylic acids is 7. The monoisotopic (exact) mass is 1300 g/mol. The average molecular weight is 1300 g/mol. The fourth-order valence-electron chi connectivity index (χ4n) is 9.95. The zero-order valence-corrected chi connectivity index (χ0v) is 56.3. The number of primary amides is 1. The number of methoxy groups -OCH3 is 2. The summed E-state index contributed by atoms with van der Waals surface area (Å²) < 4.78 is 29.0. The van der Waals surface area contributed by atoms with Crippen LogP contribution in [0.1, 0.15) is 114 Å². The van der Waals surface area contributed by atoms with Crippen molar-refractivity contribution in [3.63, 3.8) is 0 Å². The SMILES string of the molecule is CC(C)C(C(N)=O)N(C)C(=O)OCc1ccc(OC(=O)N(C)CCN(C)P(O)OCCC(NC(=O)c2ccc(CN)cc2)C(=O)O)cc1.CCC(C)C(C(CC(=O)N1CCCC1C(OC)C(C)C(=O)NCC(=O)O)OC)N(C)C(=O)CC(C)C.Cc1ccccc1. The molecule has 4 rings (SSSR count). The summed E-state index contributed by atoms with van der Waals surface area (Å²) in [4.78, 5) is 127. The van der Waals surface area contributed by atoms with Gasteiger partial charge in [-0.2, -0.15) is 0 Å². The second-order valence-electron chi connectivity index (χ2n) is 23.2. The van der Waals surface area contributed by atoms with Gasteiger partial charge in [-0.3, -0.25) is 33.7 Å². The fraction of sp³-hybridized carbons (Fsp3) is 0.578. The van der Waals surface area contributed by atoms with Crippen LogP contribution < -0.4 is 26.8 Å². The van der Waals surface area contributed by atoms with Crippen molar-refractivity contribution in [3.8, 4) is 5.75 Å². The number of aliphatic carboxylic acids is 2. The van der Waals surface area contributed by atoms with E-state index in [9.17, 15) is 53.2 Å². The number of amides is 7. The Hall–Kier alpha value is -7.32. The highest BCUT2D eigenvalue weighted by Crippen LogP contribution is 2.35. The first-order valence-corrected chi connectivity index (χ1v) is 31.6. The Kier molecular flexibility index (Phi) is 36.1. The third kappa shape index (κ3) is 27.6. The van der Waals surface area contributed by atoms with E-state index in [0.717, 1.165) is 23.3 Å². The minimum Gasteiger partial charge on any atom is -0.480 e. The number of hydrogen-bond acceptors (Lipinski definition) is 17. The number of rotatable bonds is 33. The van der Waals surface area contributed by atoms with Gasteiger partial charge in [-0.25, -0.2) is 19.1 Å². The first-order valence-electron chi connectivity index (χ1n) is 30.4. The number of carbonyl (C=O) groups is 9. The number of likely N-dealkylation sites (N-methyl/N-ethyl adjacent to an activating group) is 4. The number of benzene rings is 3. The number of nitrogens with two attached hydrogens (primary N) is 2. The molecule has 9 atom stereocenters. The number of ether oxygens (including phenoxy) is 4. The highest BCUT2D eigenvalue weighted by molar-refractivity contribution is 7.43. The predicted molar refractivity (Wildman–Crippen MR) is 344 cm³/mol. The van der Waals surface area contributed by atoms with Gasteiger partial charge in [-0.15, -0.1) is 0 Å². The molecule has 1 aliphatic rings. The molecule has 0 aliphatic carbocycles. The summed E-state index contributed by atoms with van der Waals surface area (Å²) in [7, 11) is 7.28. The van der Waals surface area contributed by atoms with Gasteiger partial charge in [0.15, 0.2) is 0 Å². The summed E-state index contributed by atoms with van der Waals surface area (Å²) in [5.41, 5.74) is 14.0. The lowest BCUT2D eigenvalue weighted by Gasteiger charge is -2.39. The number of aryl methyl sites for hydroxylation is 1. The van der Waals surface area contributed by atoms with Gasteiger partial charge in [0.25, 0.3) is 14.4 Å². The van der Waals surface area contributed by atoms with E-state index in [-0.39, 0.29) is 92.1 Å². The molecule has 3 aromatic carbocycles. The number of carboxylic acids is 2. The van der Waals surface area contributed by atoms with Gasteiger partial charge in [0, 0.05) is 79.9 Å². The molecule has 1 saturated heterocycles. The molecule has 27 heteroatoms. The molecule has 9 unspecified atom stereocenters. The number of carboxylic acid groups (broad SMARTS) is 2. The van der Waals surface area contributed by atoms with Crippen LogP contribution in [-0.4, -0.2) is 205 Å². The zero-order chi connectivity index (χ0) is 68.7. The number of hydrogen-bond donors (Lipinski definition) is 7. The number of nitrogens with one attached hydrogen (secondary N) is 2. The van der Waals surface area contributed by atoms with Crippen LogP contribution in [0.15, 0.2) is 78.9 Å². The minimum absolute atomic E-state index is 0.0319. The van der Waals surface area contributed by atoms with E-state index in [4.69, 9.17) is 40.0 Å². The Labute approximate surface area is 537 Å². The molecule has 0 saturated carbocycles. The Morgan fingerprint density at radius 1 is 0.791 bits per heavy atom. The normalized spacial score (nSPS) is 15.4. The molecule has 0 spiro atoms. The minimum atomic E-state index is -2.11. The van der Waals surface area contributed by atoms with Gasteiger partial charge in [0.2, 0.25) is 23.6 Å². The van der Waals surface area contributed by atoms with Crippen molar-refractivity contribution in [3.05, 3.63) is 101 Å². The molecule has 1 aliphatic heterocycles. The van der Waals surface area contributed by atoms with E-state index in [2.05, 4.69) is 43.5 Å². The zero-order valence-electron chi connectivity index (χ0n) is 55.4. The van der Waals surface area contributed by atoms with Crippen LogP contribution in [0.25, 0.3) is 0 Å². The Balaban J connectivity index is 0.000000576. The van der Waals surface area contributed by atoms with Crippen molar-refractivity contribution in [2.24, 2.45) is 35.1 Å². The van der Waals surface area contributed by atoms with Crippen LogP contribution in [0.3, 0.4) is 0 Å². The van der Waals surface area contributed by atoms with E-state index in [1.54, 1.807) is 88.2 Å². The highest BCUT2D eigenvalue weighted by Gasteiger charge is 2.42. The van der Waals surface area contributed by atoms with Crippen LogP contribution in [0, 0.1) is 30.6 Å². The molecule has 7 amide bonds. The summed E-state index contributed by atoms with van der Waals surface area (Å²) in [5, 5.41) is 23.2. The van der Waals surface area contributed by atoms with Crippen molar-refractivity contribution in [1.82, 2.24) is 34.9 Å². The molecule has 508 valence electrons. The molecule has 3 aromatic rings. The molecule has 1 heterocycles. The summed E-state index contributed by atoms with van der Waals surface area (Å²) >= 11 is 0. The fourth-order valence-corrected chi connectivity index (χ4v) is 10.7. The van der Waals surface area contributed by atoms with Gasteiger partial charge in [-0.05, 0) is 80.0 Å². The van der Waals surface area contributed by atoms with Crippen molar-refractivity contribution in [2.45, 2.75) is 143 Å². The third-order valence-corrected chi connectivity index (χ3v) is 16.6. The first-order chi connectivity index (χ1) is 42.9. The summed E-state index contributed by atoms with van der Waals surface area (Å²) in [5.74, 6) is -4.29. The maximum absolute atomic E-state index is 13.5. The van der Waals surface area contributed by atoms with E-state index in [1.165, 1.54) is 48.5 Å². The molecular weight excluding hydrogens is 1200 g/mol. The van der Waals surface area contributed by atoms with Crippen molar-refractivity contribution >= 4 is 62.2 Å².